The minimum atomic E-state index is -0.528. The van der Waals surface area contributed by atoms with E-state index in [-0.39, 0.29) is 11.5 Å². The van der Waals surface area contributed by atoms with E-state index in [1.807, 2.05) is 36.5 Å². The molecule has 0 radical (unpaired) electrons. The van der Waals surface area contributed by atoms with E-state index in [1.165, 1.54) is 23.5 Å². The van der Waals surface area contributed by atoms with Crippen molar-refractivity contribution in [1.82, 2.24) is 9.88 Å². The van der Waals surface area contributed by atoms with Gasteiger partial charge in [0.15, 0.2) is 5.13 Å². The quantitative estimate of drug-likeness (QED) is 0.530. The monoisotopic (exact) mass is 417 g/mol. The Morgan fingerprint density at radius 2 is 1.82 bits per heavy atom. The van der Waals surface area contributed by atoms with Crippen LogP contribution in [-0.2, 0) is 0 Å². The standard InChI is InChI=1S/C21H21ClFN3OS/c1-25(2)12-5-13-26(20(27)17-6-3-4-7-18(17)23)21-24-19(14-28-21)15-8-10-16(22)11-9-15/h3-4,6-11,14H,5,12-13H2,1-2H3. The zero-order chi connectivity index (χ0) is 20.1. The number of hydrogen-bond acceptors (Lipinski definition) is 4. The minimum absolute atomic E-state index is 0.0515. The van der Waals surface area contributed by atoms with Crippen LogP contribution in [0.15, 0.2) is 53.9 Å². The highest BCUT2D eigenvalue weighted by atomic mass is 35.5. The van der Waals surface area contributed by atoms with Gasteiger partial charge < -0.3 is 4.90 Å². The summed E-state index contributed by atoms with van der Waals surface area (Å²) in [5.74, 6) is -0.909. The second kappa shape index (κ2) is 9.28. The first-order chi connectivity index (χ1) is 13.5. The summed E-state index contributed by atoms with van der Waals surface area (Å²) in [5, 5.41) is 3.10. The molecule has 3 aromatic rings. The molecule has 0 saturated carbocycles. The molecule has 3 rings (SSSR count). The van der Waals surface area contributed by atoms with Crippen molar-refractivity contribution in [3.63, 3.8) is 0 Å². The number of thiazole rings is 1. The van der Waals surface area contributed by atoms with E-state index in [0.717, 1.165) is 24.2 Å². The molecule has 0 unspecified atom stereocenters. The van der Waals surface area contributed by atoms with Crippen LogP contribution in [0, 0.1) is 5.82 Å². The Bertz CT molecular complexity index is 943. The third kappa shape index (κ3) is 4.95. The summed E-state index contributed by atoms with van der Waals surface area (Å²) in [6.07, 6.45) is 0.753. The summed E-state index contributed by atoms with van der Waals surface area (Å²) in [6, 6.07) is 13.4. The van der Waals surface area contributed by atoms with Crippen molar-refractivity contribution in [2.24, 2.45) is 0 Å². The number of hydrogen-bond donors (Lipinski definition) is 0. The number of rotatable bonds is 7. The van der Waals surface area contributed by atoms with Crippen molar-refractivity contribution in [3.05, 3.63) is 70.3 Å². The summed E-state index contributed by atoms with van der Waals surface area (Å²) in [4.78, 5) is 21.3. The number of carbonyl (C=O) groups is 1. The summed E-state index contributed by atoms with van der Waals surface area (Å²) < 4.78 is 14.2. The fourth-order valence-electron chi connectivity index (χ4n) is 2.75. The average Bonchev–Trinajstić information content (AvgIpc) is 3.15. The van der Waals surface area contributed by atoms with Crippen molar-refractivity contribution in [2.75, 3.05) is 32.1 Å². The molecule has 0 fully saturated rings. The molecular weight excluding hydrogens is 397 g/mol. The van der Waals surface area contributed by atoms with Gasteiger partial charge in [-0.05, 0) is 51.3 Å². The van der Waals surface area contributed by atoms with Gasteiger partial charge in [-0.25, -0.2) is 9.37 Å². The molecular formula is C21H21ClFN3OS. The highest BCUT2D eigenvalue weighted by molar-refractivity contribution is 7.14. The van der Waals surface area contributed by atoms with Crippen molar-refractivity contribution in [1.29, 1.82) is 0 Å². The Labute approximate surface area is 173 Å². The number of halogens is 2. The second-order valence-corrected chi connectivity index (χ2v) is 7.89. The molecule has 1 aromatic heterocycles. The summed E-state index contributed by atoms with van der Waals surface area (Å²) in [5.41, 5.74) is 1.73. The number of benzene rings is 2. The molecule has 28 heavy (non-hydrogen) atoms. The van der Waals surface area contributed by atoms with Crippen LogP contribution in [0.3, 0.4) is 0 Å². The van der Waals surface area contributed by atoms with Gasteiger partial charge in [-0.15, -0.1) is 11.3 Å². The van der Waals surface area contributed by atoms with Crippen LogP contribution in [-0.4, -0.2) is 43.0 Å². The molecule has 0 N–H and O–H groups in total. The zero-order valence-corrected chi connectivity index (χ0v) is 17.3. The van der Waals surface area contributed by atoms with E-state index >= 15 is 0 Å². The van der Waals surface area contributed by atoms with E-state index in [2.05, 4.69) is 4.98 Å². The normalized spacial score (nSPS) is 11.0. The third-order valence-electron chi connectivity index (χ3n) is 4.20. The van der Waals surface area contributed by atoms with Crippen LogP contribution in [0.5, 0.6) is 0 Å². The van der Waals surface area contributed by atoms with E-state index in [9.17, 15) is 9.18 Å². The van der Waals surface area contributed by atoms with Crippen LogP contribution in [0.25, 0.3) is 11.3 Å². The van der Waals surface area contributed by atoms with Crippen molar-refractivity contribution < 1.29 is 9.18 Å². The first kappa shape index (κ1) is 20.5. The summed E-state index contributed by atoms with van der Waals surface area (Å²) >= 11 is 7.32. The predicted octanol–water partition coefficient (Wildman–Crippen LogP) is 5.20. The highest BCUT2D eigenvalue weighted by Crippen LogP contribution is 2.29. The van der Waals surface area contributed by atoms with Gasteiger partial charge in [0.05, 0.1) is 11.3 Å². The van der Waals surface area contributed by atoms with Gasteiger partial charge in [0.2, 0.25) is 0 Å². The molecule has 4 nitrogen and oxygen atoms in total. The average molecular weight is 418 g/mol. The molecule has 0 bridgehead atoms. The number of carbonyl (C=O) groups excluding carboxylic acids is 1. The SMILES string of the molecule is CN(C)CCCN(C(=O)c1ccccc1F)c1nc(-c2ccc(Cl)cc2)cs1. The van der Waals surface area contributed by atoms with Gasteiger partial charge in [-0.1, -0.05) is 35.9 Å². The van der Waals surface area contributed by atoms with Gasteiger partial charge in [0.1, 0.15) is 5.82 Å². The lowest BCUT2D eigenvalue weighted by molar-refractivity contribution is 0.0982. The van der Waals surface area contributed by atoms with Gasteiger partial charge >= 0.3 is 0 Å². The van der Waals surface area contributed by atoms with Crippen molar-refractivity contribution >= 4 is 34.0 Å². The van der Waals surface area contributed by atoms with Gasteiger partial charge in [-0.3, -0.25) is 9.69 Å². The number of anilines is 1. The first-order valence-corrected chi connectivity index (χ1v) is 10.1. The molecule has 1 amide bonds. The van der Waals surface area contributed by atoms with E-state index in [0.29, 0.717) is 16.7 Å². The Balaban J connectivity index is 1.89. The molecule has 0 spiro atoms. The van der Waals surface area contributed by atoms with Crippen LogP contribution >= 0.6 is 22.9 Å². The predicted molar refractivity (Wildman–Crippen MR) is 114 cm³/mol. The van der Waals surface area contributed by atoms with E-state index in [4.69, 9.17) is 11.6 Å². The number of amides is 1. The van der Waals surface area contributed by atoms with Crippen LogP contribution in [0.2, 0.25) is 5.02 Å². The smallest absolute Gasteiger partial charge is 0.263 e. The van der Waals surface area contributed by atoms with Gasteiger partial charge in [0, 0.05) is 22.5 Å². The van der Waals surface area contributed by atoms with Gasteiger partial charge in [0.25, 0.3) is 5.91 Å². The lowest BCUT2D eigenvalue weighted by Gasteiger charge is -2.21. The van der Waals surface area contributed by atoms with Crippen LogP contribution in [0.4, 0.5) is 9.52 Å². The van der Waals surface area contributed by atoms with E-state index < -0.39 is 5.82 Å². The zero-order valence-electron chi connectivity index (χ0n) is 15.7. The minimum Gasteiger partial charge on any atom is -0.309 e. The maximum atomic E-state index is 14.2. The largest absolute Gasteiger partial charge is 0.309 e. The molecule has 0 aliphatic rings. The van der Waals surface area contributed by atoms with Crippen LogP contribution in [0.1, 0.15) is 16.8 Å². The summed E-state index contributed by atoms with van der Waals surface area (Å²) in [6.45, 7) is 1.27. The molecule has 0 aliphatic heterocycles. The lowest BCUT2D eigenvalue weighted by atomic mass is 10.2. The van der Waals surface area contributed by atoms with Crippen LogP contribution < -0.4 is 4.90 Å². The van der Waals surface area contributed by atoms with Gasteiger partial charge in [-0.2, -0.15) is 0 Å². The molecule has 0 atom stereocenters. The van der Waals surface area contributed by atoms with Crippen molar-refractivity contribution in [3.8, 4) is 11.3 Å². The lowest BCUT2D eigenvalue weighted by Crippen LogP contribution is -2.34. The number of nitrogens with zero attached hydrogens (tertiary/aromatic N) is 3. The van der Waals surface area contributed by atoms with Crippen molar-refractivity contribution in [2.45, 2.75) is 6.42 Å². The second-order valence-electron chi connectivity index (χ2n) is 6.62. The molecule has 1 heterocycles. The van der Waals surface area contributed by atoms with E-state index in [1.54, 1.807) is 29.2 Å². The molecule has 0 saturated heterocycles. The maximum absolute atomic E-state index is 14.2. The fourth-order valence-corrected chi connectivity index (χ4v) is 3.73. The molecule has 7 heteroatoms. The molecule has 0 aliphatic carbocycles. The maximum Gasteiger partial charge on any atom is 0.263 e. The molecule has 146 valence electrons. The Morgan fingerprint density at radius 1 is 1.11 bits per heavy atom. The molecule has 2 aromatic carbocycles. The Kier molecular flexibility index (Phi) is 6.78. The number of aromatic nitrogens is 1. The Morgan fingerprint density at radius 3 is 2.50 bits per heavy atom. The highest BCUT2D eigenvalue weighted by Gasteiger charge is 2.23. The first-order valence-electron chi connectivity index (χ1n) is 8.88. The Hall–Kier alpha value is -2.28. The third-order valence-corrected chi connectivity index (χ3v) is 5.31. The fraction of sp³-hybridized carbons (Fsp3) is 0.238. The summed E-state index contributed by atoms with van der Waals surface area (Å²) in [7, 11) is 3.95. The topological polar surface area (TPSA) is 36.4 Å².